The maximum atomic E-state index is 9.23. The van der Waals surface area contributed by atoms with Crippen LogP contribution in [0.5, 0.6) is 0 Å². The van der Waals surface area contributed by atoms with Gasteiger partial charge in [0.15, 0.2) is 0 Å². The summed E-state index contributed by atoms with van der Waals surface area (Å²) in [5.74, 6) is 0. The molecule has 0 bridgehead atoms. The molecule has 1 aliphatic rings. The molecule has 2 heteroatoms. The minimum atomic E-state index is -0.342. The third kappa shape index (κ3) is 5.27. The third-order valence-electron chi connectivity index (χ3n) is 2.83. The average molecular weight is 185 g/mol. The molecule has 78 valence electrons. The highest BCUT2D eigenvalue weighted by Crippen LogP contribution is 2.17. The van der Waals surface area contributed by atoms with Gasteiger partial charge in [0, 0.05) is 6.04 Å². The van der Waals surface area contributed by atoms with Crippen molar-refractivity contribution in [3.63, 3.8) is 0 Å². The van der Waals surface area contributed by atoms with Crippen LogP contribution in [0, 0.1) is 0 Å². The van der Waals surface area contributed by atoms with E-state index >= 15 is 0 Å². The van der Waals surface area contributed by atoms with Crippen molar-refractivity contribution in [1.82, 2.24) is 5.32 Å². The molecule has 0 spiro atoms. The molecule has 0 aromatic heterocycles. The van der Waals surface area contributed by atoms with E-state index < -0.39 is 0 Å². The summed E-state index contributed by atoms with van der Waals surface area (Å²) in [6, 6.07) is 0.554. The molecule has 0 amide bonds. The fraction of sp³-hybridized carbons (Fsp3) is 1.00. The van der Waals surface area contributed by atoms with Crippen molar-refractivity contribution in [2.24, 2.45) is 0 Å². The van der Waals surface area contributed by atoms with E-state index in [4.69, 9.17) is 0 Å². The van der Waals surface area contributed by atoms with E-state index in [1.807, 2.05) is 6.92 Å². The van der Waals surface area contributed by atoms with Crippen molar-refractivity contribution >= 4 is 0 Å². The number of aliphatic hydroxyl groups is 1. The van der Waals surface area contributed by atoms with Crippen molar-refractivity contribution in [2.75, 3.05) is 0 Å². The summed E-state index contributed by atoms with van der Waals surface area (Å²) in [7, 11) is 0. The Labute approximate surface area is 81.7 Å². The zero-order valence-corrected chi connectivity index (χ0v) is 8.76. The Kier molecular flexibility index (Phi) is 5.40. The lowest BCUT2D eigenvalue weighted by Crippen LogP contribution is -2.36. The predicted octanol–water partition coefficient (Wildman–Crippen LogP) is 2.42. The maximum Gasteiger partial charge on any atom is 0.102 e. The summed E-state index contributed by atoms with van der Waals surface area (Å²) in [4.78, 5) is 0. The number of aliphatic hydroxyl groups excluding tert-OH is 1. The summed E-state index contributed by atoms with van der Waals surface area (Å²) < 4.78 is 0. The van der Waals surface area contributed by atoms with Gasteiger partial charge in [-0.25, -0.2) is 0 Å². The van der Waals surface area contributed by atoms with Gasteiger partial charge in [0.25, 0.3) is 0 Å². The van der Waals surface area contributed by atoms with Gasteiger partial charge in [-0.1, -0.05) is 38.5 Å². The van der Waals surface area contributed by atoms with Crippen LogP contribution in [-0.2, 0) is 0 Å². The van der Waals surface area contributed by atoms with E-state index in [9.17, 15) is 5.11 Å². The number of rotatable bonds is 2. The van der Waals surface area contributed by atoms with Crippen LogP contribution in [0.3, 0.4) is 0 Å². The van der Waals surface area contributed by atoms with Gasteiger partial charge in [-0.2, -0.15) is 0 Å². The normalized spacial score (nSPS) is 24.5. The van der Waals surface area contributed by atoms with Gasteiger partial charge in [0.1, 0.15) is 6.23 Å². The van der Waals surface area contributed by atoms with Crippen LogP contribution in [0.15, 0.2) is 0 Å². The minimum Gasteiger partial charge on any atom is -0.379 e. The van der Waals surface area contributed by atoms with Gasteiger partial charge in [-0.15, -0.1) is 0 Å². The predicted molar refractivity (Wildman–Crippen MR) is 55.5 cm³/mol. The molecule has 13 heavy (non-hydrogen) atoms. The first-order chi connectivity index (χ1) is 6.29. The van der Waals surface area contributed by atoms with Gasteiger partial charge in [0.05, 0.1) is 0 Å². The highest BCUT2D eigenvalue weighted by atomic mass is 16.3. The first-order valence-corrected chi connectivity index (χ1v) is 5.73. The largest absolute Gasteiger partial charge is 0.379 e. The minimum absolute atomic E-state index is 0.342. The maximum absolute atomic E-state index is 9.23. The van der Waals surface area contributed by atoms with Crippen molar-refractivity contribution in [3.8, 4) is 0 Å². The molecule has 1 saturated carbocycles. The quantitative estimate of drug-likeness (QED) is 0.648. The Morgan fingerprint density at radius 2 is 1.46 bits per heavy atom. The van der Waals surface area contributed by atoms with Crippen molar-refractivity contribution in [1.29, 1.82) is 0 Å². The number of nitrogens with one attached hydrogen (secondary N) is 1. The van der Waals surface area contributed by atoms with Gasteiger partial charge in [0.2, 0.25) is 0 Å². The molecular weight excluding hydrogens is 162 g/mol. The molecule has 0 saturated heterocycles. The Bertz CT molecular complexity index is 115. The van der Waals surface area contributed by atoms with Crippen LogP contribution >= 0.6 is 0 Å². The molecule has 2 N–H and O–H groups in total. The first-order valence-electron chi connectivity index (χ1n) is 5.73. The SMILES string of the molecule is CC(O)NC1CCCCCCCC1. The number of hydrogen-bond acceptors (Lipinski definition) is 2. The molecule has 2 nitrogen and oxygen atoms in total. The van der Waals surface area contributed by atoms with Gasteiger partial charge >= 0.3 is 0 Å². The lowest BCUT2D eigenvalue weighted by molar-refractivity contribution is 0.135. The van der Waals surface area contributed by atoms with Crippen LogP contribution in [0.1, 0.15) is 58.3 Å². The Hall–Kier alpha value is -0.0800. The highest BCUT2D eigenvalue weighted by molar-refractivity contribution is 4.69. The lowest BCUT2D eigenvalue weighted by atomic mass is 10.1. The summed E-state index contributed by atoms with van der Waals surface area (Å²) in [5, 5.41) is 12.5. The van der Waals surface area contributed by atoms with Crippen LogP contribution in [-0.4, -0.2) is 17.4 Å². The monoisotopic (exact) mass is 185 g/mol. The van der Waals surface area contributed by atoms with Crippen LogP contribution in [0.2, 0.25) is 0 Å². The Balaban J connectivity index is 2.24. The first kappa shape index (κ1) is 11.0. The molecule has 1 fully saturated rings. The second kappa shape index (κ2) is 6.39. The molecular formula is C11H23NO. The average Bonchev–Trinajstić information content (AvgIpc) is 2.17. The highest BCUT2D eigenvalue weighted by Gasteiger charge is 2.11. The van der Waals surface area contributed by atoms with E-state index in [-0.39, 0.29) is 6.23 Å². The fourth-order valence-electron chi connectivity index (χ4n) is 2.14. The van der Waals surface area contributed by atoms with Crippen molar-refractivity contribution in [2.45, 2.75) is 70.6 Å². The summed E-state index contributed by atoms with van der Waals surface area (Å²) in [5.41, 5.74) is 0. The second-order valence-corrected chi connectivity index (χ2v) is 4.24. The van der Waals surface area contributed by atoms with Gasteiger partial charge in [-0.3, -0.25) is 5.32 Å². The summed E-state index contributed by atoms with van der Waals surface area (Å²) in [6.07, 6.45) is 10.3. The molecule has 1 rings (SSSR count). The fourth-order valence-corrected chi connectivity index (χ4v) is 2.14. The van der Waals surface area contributed by atoms with Crippen molar-refractivity contribution in [3.05, 3.63) is 0 Å². The molecule has 0 radical (unpaired) electrons. The molecule has 0 aromatic rings. The zero-order chi connectivity index (χ0) is 9.52. The molecule has 1 atom stereocenters. The van der Waals surface area contributed by atoms with Gasteiger partial charge in [-0.05, 0) is 19.8 Å². The molecule has 0 heterocycles. The Morgan fingerprint density at radius 1 is 1.00 bits per heavy atom. The summed E-state index contributed by atoms with van der Waals surface area (Å²) in [6.45, 7) is 1.81. The van der Waals surface area contributed by atoms with Gasteiger partial charge < -0.3 is 5.11 Å². The Morgan fingerprint density at radius 3 is 1.92 bits per heavy atom. The van der Waals surface area contributed by atoms with E-state index in [0.29, 0.717) is 6.04 Å². The topological polar surface area (TPSA) is 32.3 Å². The summed E-state index contributed by atoms with van der Waals surface area (Å²) >= 11 is 0. The van der Waals surface area contributed by atoms with E-state index in [2.05, 4.69) is 5.32 Å². The third-order valence-corrected chi connectivity index (χ3v) is 2.83. The van der Waals surface area contributed by atoms with E-state index in [1.54, 1.807) is 0 Å². The van der Waals surface area contributed by atoms with E-state index in [0.717, 1.165) is 0 Å². The van der Waals surface area contributed by atoms with Crippen LogP contribution in [0.25, 0.3) is 0 Å². The molecule has 1 unspecified atom stereocenters. The van der Waals surface area contributed by atoms with Crippen molar-refractivity contribution < 1.29 is 5.11 Å². The molecule has 0 aromatic carbocycles. The van der Waals surface area contributed by atoms with Crippen LogP contribution < -0.4 is 5.32 Å². The number of hydrogen-bond donors (Lipinski definition) is 2. The lowest BCUT2D eigenvalue weighted by Gasteiger charge is -2.19. The van der Waals surface area contributed by atoms with Crippen LogP contribution in [0.4, 0.5) is 0 Å². The second-order valence-electron chi connectivity index (χ2n) is 4.24. The molecule has 1 aliphatic carbocycles. The smallest absolute Gasteiger partial charge is 0.102 e. The van der Waals surface area contributed by atoms with E-state index in [1.165, 1.54) is 51.4 Å². The molecule has 0 aliphatic heterocycles. The zero-order valence-electron chi connectivity index (χ0n) is 8.76. The standard InChI is InChI=1S/C11H23NO/c1-10(13)12-11-8-6-4-2-3-5-7-9-11/h10-13H,2-9H2,1H3.